The number of rotatable bonds is 16. The second-order valence-corrected chi connectivity index (χ2v) is 35.5. The van der Waals surface area contributed by atoms with Crippen molar-refractivity contribution >= 4 is 79.4 Å². The number of hydrogen-bond donors (Lipinski definition) is 2. The first kappa shape index (κ1) is 88.0. The summed E-state index contributed by atoms with van der Waals surface area (Å²) in [6, 6.07) is 40.9. The summed E-state index contributed by atoms with van der Waals surface area (Å²) in [4.78, 5) is 65.0. The molecule has 4 spiro atoms. The van der Waals surface area contributed by atoms with E-state index in [1.807, 2.05) is 48.5 Å². The van der Waals surface area contributed by atoms with E-state index in [1.54, 1.807) is 90.1 Å². The van der Waals surface area contributed by atoms with Crippen molar-refractivity contribution in [3.05, 3.63) is 301 Å². The summed E-state index contributed by atoms with van der Waals surface area (Å²) in [6.07, 6.45) is -0.986. The lowest BCUT2D eigenvalue weighted by Crippen LogP contribution is -2.52. The zero-order valence-electron chi connectivity index (χ0n) is 65.6. The second-order valence-electron chi connectivity index (χ2n) is 30.6. The Labute approximate surface area is 708 Å². The molecule has 8 unspecified atom stereocenters. The van der Waals surface area contributed by atoms with Crippen LogP contribution in [0.1, 0.15) is 112 Å². The molecule has 8 aromatic carbocycles. The topological polar surface area (TPSA) is 342 Å². The molecule has 0 fully saturated rings. The fourth-order valence-corrected chi connectivity index (χ4v) is 20.6. The molecule has 640 valence electrons. The second kappa shape index (κ2) is 36.1. The largest absolute Gasteiger partial charge is 0.493 e. The summed E-state index contributed by atoms with van der Waals surface area (Å²) < 4.78 is 148. The molecule has 8 atom stereocenters. The van der Waals surface area contributed by atoms with Crippen LogP contribution in [0.4, 0.5) is 44.7 Å². The number of nitrogens with one attached hydrogen (secondary N) is 2. The standard InChI is InChI=1S/2C23H23F2N3O5S.2C18H15F2N3O3S/c2*1-22(2,3)33-21(29)28-23(34-20(26-28)16-12-15(24)8-9-18(16)25)14(10-11-27(30)31)13-32-19-7-5-4-6-17(19)23;2*19-12-5-6-15(20)13(9-12)17-21-22-18(27-17)11(7-8-23(24)25)10-26-16-4-2-1-3-14(16)18/h2*4-9,12,14H,10-11,13H2,1-3H3;2*1-6,9,11,22H,7-8,10H2. The van der Waals surface area contributed by atoms with Crippen LogP contribution in [0.5, 0.6) is 23.0 Å². The molecule has 0 saturated carbocycles. The van der Waals surface area contributed by atoms with Gasteiger partial charge in [0.25, 0.3) is 0 Å². The molecule has 40 heteroatoms. The number of fused-ring (bicyclic) bond motifs is 8. The first-order chi connectivity index (χ1) is 58.0. The minimum Gasteiger partial charge on any atom is -0.493 e. The molecular formula is C82H76F8N12O16S4. The number of ether oxygens (including phenoxy) is 6. The Balaban J connectivity index is 0.000000141. The first-order valence-electron chi connectivity index (χ1n) is 37.9. The first-order valence-corrected chi connectivity index (χ1v) is 41.2. The maximum atomic E-state index is 14.7. The quantitative estimate of drug-likeness (QED) is 0.0515. The van der Waals surface area contributed by atoms with Crippen molar-refractivity contribution in [3.63, 3.8) is 0 Å². The molecule has 2 amide bonds. The summed E-state index contributed by atoms with van der Waals surface area (Å²) >= 11 is 4.57. The fourth-order valence-electron chi connectivity index (χ4n) is 14.8. The molecule has 8 heterocycles. The molecule has 0 radical (unpaired) electrons. The molecule has 122 heavy (non-hydrogen) atoms. The molecule has 0 aliphatic carbocycles. The maximum absolute atomic E-state index is 14.7. The van der Waals surface area contributed by atoms with Gasteiger partial charge in [-0.25, -0.2) is 44.7 Å². The predicted molar refractivity (Wildman–Crippen MR) is 439 cm³/mol. The molecule has 0 aromatic heterocycles. The number of thioether (sulfide) groups is 4. The van der Waals surface area contributed by atoms with Crippen LogP contribution >= 0.6 is 47.0 Å². The van der Waals surface area contributed by atoms with E-state index < -0.39 is 111 Å². The highest BCUT2D eigenvalue weighted by atomic mass is 32.2. The Kier molecular flexibility index (Phi) is 26.0. The van der Waals surface area contributed by atoms with Gasteiger partial charge in [-0.2, -0.15) is 30.4 Å². The van der Waals surface area contributed by atoms with Gasteiger partial charge in [0, 0.05) is 114 Å². The monoisotopic (exact) mass is 1760 g/mol. The van der Waals surface area contributed by atoms with Gasteiger partial charge in [-0.15, -0.1) is 0 Å². The number of amides is 2. The Morgan fingerprint density at radius 1 is 0.402 bits per heavy atom. The third-order valence-electron chi connectivity index (χ3n) is 20.2. The normalized spacial score (nSPS) is 22.4. The minimum atomic E-state index is -1.32. The Hall–Kier alpha value is -11.8. The number of nitro groups is 4. The number of hydrazone groups is 4. The van der Waals surface area contributed by atoms with Crippen molar-refractivity contribution in [2.75, 3.05) is 52.6 Å². The van der Waals surface area contributed by atoms with Gasteiger partial charge >= 0.3 is 12.2 Å². The van der Waals surface area contributed by atoms with Gasteiger partial charge in [-0.3, -0.25) is 51.3 Å². The lowest BCUT2D eigenvalue weighted by molar-refractivity contribution is -0.482. The number of benzene rings is 8. The zero-order chi connectivity index (χ0) is 87.4. The van der Waals surface area contributed by atoms with Crippen molar-refractivity contribution in [1.29, 1.82) is 0 Å². The Bertz CT molecular complexity index is 5210. The van der Waals surface area contributed by atoms with Crippen LogP contribution in [0, 0.1) is 111 Å². The molecule has 8 aromatic rings. The number of halogens is 8. The van der Waals surface area contributed by atoms with Gasteiger partial charge in [0.1, 0.15) is 111 Å². The number of carbonyl (C=O) groups is 2. The third kappa shape index (κ3) is 18.7. The van der Waals surface area contributed by atoms with Gasteiger partial charge in [-0.1, -0.05) is 120 Å². The molecular weight excluding hydrogens is 1690 g/mol. The van der Waals surface area contributed by atoms with Crippen molar-refractivity contribution in [1.82, 2.24) is 20.9 Å². The summed E-state index contributed by atoms with van der Waals surface area (Å²) in [6.45, 7) is 9.64. The molecule has 28 nitrogen and oxygen atoms in total. The van der Waals surface area contributed by atoms with Crippen LogP contribution in [0.25, 0.3) is 0 Å². The number of nitrogens with zero attached hydrogens (tertiary/aromatic N) is 10. The van der Waals surface area contributed by atoms with Gasteiger partial charge in [0.2, 0.25) is 26.2 Å². The van der Waals surface area contributed by atoms with Gasteiger partial charge in [-0.05, 0) is 139 Å². The van der Waals surface area contributed by atoms with E-state index in [0.29, 0.717) is 44.2 Å². The van der Waals surface area contributed by atoms with Crippen molar-refractivity contribution in [3.8, 4) is 23.0 Å². The lowest BCUT2D eigenvalue weighted by atomic mass is 9.87. The van der Waals surface area contributed by atoms with Gasteiger partial charge in [0.05, 0.1) is 26.4 Å². The van der Waals surface area contributed by atoms with E-state index in [2.05, 4.69) is 31.3 Å². The van der Waals surface area contributed by atoms with Crippen LogP contribution < -0.4 is 29.8 Å². The Morgan fingerprint density at radius 2 is 0.664 bits per heavy atom. The molecule has 0 saturated heterocycles. The maximum Gasteiger partial charge on any atom is 0.432 e. The SMILES string of the molecule is CC(C)(C)OC(=O)N1N=C(c2cc(F)ccc2F)SC12c1ccccc1OCC2CC[N+](=O)[O-].CC(C)(C)OC(=O)N1N=C(c2cc(F)ccc2F)SC12c1ccccc1OCC2CC[N+](=O)[O-].O=[N+]([O-])CCC1COc2ccccc2C12NN=C(c1cc(F)ccc1F)S2.O=[N+]([O-])CCC1COc2ccccc2C12NN=C(c1cc(F)ccc1F)S2. The van der Waals surface area contributed by atoms with E-state index >= 15 is 0 Å². The summed E-state index contributed by atoms with van der Waals surface area (Å²) in [5.74, 6) is -4.55. The molecule has 0 bridgehead atoms. The highest BCUT2D eigenvalue weighted by Crippen LogP contribution is 2.61. The number of para-hydroxylation sites is 4. The van der Waals surface area contributed by atoms with E-state index in [1.165, 1.54) is 23.5 Å². The number of carbonyl (C=O) groups excluding carboxylic acids is 2. The summed E-state index contributed by atoms with van der Waals surface area (Å²) in [5.41, 5.74) is 6.90. The molecule has 8 aliphatic heterocycles. The van der Waals surface area contributed by atoms with Crippen molar-refractivity contribution in [2.24, 2.45) is 44.1 Å². The Morgan fingerprint density at radius 3 is 0.959 bits per heavy atom. The van der Waals surface area contributed by atoms with Crippen molar-refractivity contribution in [2.45, 2.75) is 97.9 Å². The smallest absolute Gasteiger partial charge is 0.432 e. The summed E-state index contributed by atoms with van der Waals surface area (Å²) in [7, 11) is 0. The van der Waals surface area contributed by atoms with Crippen LogP contribution in [0.15, 0.2) is 190 Å². The highest BCUT2D eigenvalue weighted by Gasteiger charge is 2.61. The highest BCUT2D eigenvalue weighted by molar-refractivity contribution is 8.16. The average Bonchev–Trinajstić information content (AvgIpc) is 1.54. The van der Waals surface area contributed by atoms with Crippen LogP contribution in [-0.2, 0) is 29.0 Å². The molecule has 2 N–H and O–H groups in total. The van der Waals surface area contributed by atoms with E-state index in [9.17, 15) is 85.2 Å². The van der Waals surface area contributed by atoms with Crippen LogP contribution in [0.3, 0.4) is 0 Å². The minimum absolute atomic E-state index is 0.0568. The average molecular weight is 1770 g/mol. The van der Waals surface area contributed by atoms with Gasteiger partial charge in [0.15, 0.2) is 9.74 Å². The van der Waals surface area contributed by atoms with Crippen LogP contribution in [0.2, 0.25) is 0 Å². The number of hydrogen-bond acceptors (Lipinski definition) is 26. The summed E-state index contributed by atoms with van der Waals surface area (Å²) in [5, 5.41) is 64.4. The fraction of sp³-hybridized carbons (Fsp3) is 0.341. The van der Waals surface area contributed by atoms with E-state index in [0.717, 1.165) is 117 Å². The molecule has 8 aliphatic rings. The molecule has 16 rings (SSSR count). The van der Waals surface area contributed by atoms with Gasteiger partial charge < -0.3 is 28.4 Å². The van der Waals surface area contributed by atoms with E-state index in [-0.39, 0.29) is 132 Å². The third-order valence-corrected chi connectivity index (χ3v) is 26.2. The van der Waals surface area contributed by atoms with Crippen LogP contribution in [-0.4, -0.2) is 126 Å². The predicted octanol–water partition coefficient (Wildman–Crippen LogP) is 17.3. The van der Waals surface area contributed by atoms with E-state index in [4.69, 9.17) is 28.4 Å². The van der Waals surface area contributed by atoms with Crippen molar-refractivity contribution < 1.29 is 92.8 Å². The zero-order valence-corrected chi connectivity index (χ0v) is 68.9. The lowest BCUT2D eigenvalue weighted by Gasteiger charge is -2.44.